The molecule has 1 aromatic heterocycles. The molecule has 3 nitrogen and oxygen atoms in total. The highest BCUT2D eigenvalue weighted by Crippen LogP contribution is 2.38. The van der Waals surface area contributed by atoms with Gasteiger partial charge in [0, 0.05) is 5.56 Å². The van der Waals surface area contributed by atoms with Crippen molar-refractivity contribution in [3.8, 4) is 17.2 Å². The van der Waals surface area contributed by atoms with E-state index in [4.69, 9.17) is 4.42 Å². The number of para-hydroxylation sites is 3. The van der Waals surface area contributed by atoms with Crippen molar-refractivity contribution >= 4 is 11.1 Å². The number of fused-ring (bicyclic) bond motifs is 1. The molecule has 0 radical (unpaired) electrons. The van der Waals surface area contributed by atoms with Gasteiger partial charge in [0.05, 0.1) is 5.56 Å². The summed E-state index contributed by atoms with van der Waals surface area (Å²) in [7, 11) is 0. The summed E-state index contributed by atoms with van der Waals surface area (Å²) in [5.41, 5.74) is 2.91. The molecule has 3 heteroatoms. The molecule has 0 bridgehead atoms. The highest BCUT2D eigenvalue weighted by Gasteiger charge is 2.22. The number of aromatic hydroxyl groups is 1. The van der Waals surface area contributed by atoms with Crippen molar-refractivity contribution in [1.82, 2.24) is 4.98 Å². The maximum atomic E-state index is 10.5. The lowest BCUT2D eigenvalue weighted by Crippen LogP contribution is -2.11. The Kier molecular flexibility index (Phi) is 2.78. The number of phenols is 1. The third kappa shape index (κ3) is 2.05. The molecular weight excluding hydrogens is 250 g/mol. The van der Waals surface area contributed by atoms with Crippen LogP contribution >= 0.6 is 0 Å². The number of benzene rings is 2. The Morgan fingerprint density at radius 2 is 1.75 bits per heavy atom. The van der Waals surface area contributed by atoms with E-state index in [9.17, 15) is 5.11 Å². The van der Waals surface area contributed by atoms with Gasteiger partial charge in [-0.25, -0.2) is 4.98 Å². The summed E-state index contributed by atoms with van der Waals surface area (Å²) in [6.45, 7) is 6.20. The first-order chi connectivity index (χ1) is 9.47. The van der Waals surface area contributed by atoms with Crippen molar-refractivity contribution in [2.45, 2.75) is 26.2 Å². The van der Waals surface area contributed by atoms with Gasteiger partial charge in [-0.3, -0.25) is 0 Å². The predicted octanol–water partition coefficient (Wildman–Crippen LogP) is 4.50. The van der Waals surface area contributed by atoms with Gasteiger partial charge in [0.15, 0.2) is 5.58 Å². The van der Waals surface area contributed by atoms with Crippen LogP contribution in [0.3, 0.4) is 0 Å². The van der Waals surface area contributed by atoms with Crippen molar-refractivity contribution in [3.05, 3.63) is 48.0 Å². The summed E-state index contributed by atoms with van der Waals surface area (Å²) in [5.74, 6) is 0.696. The van der Waals surface area contributed by atoms with Gasteiger partial charge in [0.25, 0.3) is 0 Å². The van der Waals surface area contributed by atoms with Crippen LogP contribution in [0, 0.1) is 0 Å². The third-order valence-electron chi connectivity index (χ3n) is 3.37. The van der Waals surface area contributed by atoms with Crippen LogP contribution in [-0.4, -0.2) is 10.1 Å². The van der Waals surface area contributed by atoms with Crippen LogP contribution in [0.15, 0.2) is 46.9 Å². The predicted molar refractivity (Wildman–Crippen MR) is 79.8 cm³/mol. The molecule has 20 heavy (non-hydrogen) atoms. The average molecular weight is 267 g/mol. The molecule has 0 saturated carbocycles. The second-order valence-electron chi connectivity index (χ2n) is 5.94. The highest BCUT2D eigenvalue weighted by atomic mass is 16.3. The minimum Gasteiger partial charge on any atom is -0.507 e. The molecule has 102 valence electrons. The fourth-order valence-electron chi connectivity index (χ4n) is 2.31. The molecule has 0 atom stereocenters. The number of hydrogen-bond acceptors (Lipinski definition) is 3. The number of rotatable bonds is 1. The second kappa shape index (κ2) is 4.37. The van der Waals surface area contributed by atoms with Crippen molar-refractivity contribution in [1.29, 1.82) is 0 Å². The number of oxazole rings is 1. The minimum atomic E-state index is -0.133. The summed E-state index contributed by atoms with van der Waals surface area (Å²) in [5, 5.41) is 10.5. The zero-order chi connectivity index (χ0) is 14.3. The van der Waals surface area contributed by atoms with E-state index in [0.717, 1.165) is 16.7 Å². The monoisotopic (exact) mass is 267 g/mol. The highest BCUT2D eigenvalue weighted by molar-refractivity contribution is 5.77. The molecule has 0 aliphatic rings. The zero-order valence-corrected chi connectivity index (χ0v) is 11.8. The van der Waals surface area contributed by atoms with E-state index in [1.807, 2.05) is 42.5 Å². The van der Waals surface area contributed by atoms with Crippen LogP contribution in [0.1, 0.15) is 26.3 Å². The van der Waals surface area contributed by atoms with Crippen LogP contribution in [0.5, 0.6) is 5.75 Å². The topological polar surface area (TPSA) is 46.3 Å². The van der Waals surface area contributed by atoms with Crippen LogP contribution in [0.4, 0.5) is 0 Å². The molecule has 0 amide bonds. The van der Waals surface area contributed by atoms with Crippen molar-refractivity contribution in [2.75, 3.05) is 0 Å². The van der Waals surface area contributed by atoms with E-state index < -0.39 is 0 Å². The Labute approximate surface area is 117 Å². The number of hydrogen-bond donors (Lipinski definition) is 1. The van der Waals surface area contributed by atoms with E-state index in [1.54, 1.807) is 0 Å². The van der Waals surface area contributed by atoms with Crippen LogP contribution in [-0.2, 0) is 5.41 Å². The van der Waals surface area contributed by atoms with Gasteiger partial charge >= 0.3 is 0 Å². The summed E-state index contributed by atoms with van der Waals surface area (Å²) in [4.78, 5) is 4.44. The first-order valence-corrected chi connectivity index (χ1v) is 6.65. The normalized spacial score (nSPS) is 11.9. The Morgan fingerprint density at radius 1 is 1.00 bits per heavy atom. The fraction of sp³-hybridized carbons (Fsp3) is 0.235. The van der Waals surface area contributed by atoms with E-state index in [0.29, 0.717) is 11.5 Å². The number of phenolic OH excluding ortho intramolecular Hbond substituents is 1. The number of aromatic nitrogens is 1. The van der Waals surface area contributed by atoms with Crippen LogP contribution in [0.25, 0.3) is 22.6 Å². The third-order valence-corrected chi connectivity index (χ3v) is 3.37. The molecule has 0 spiro atoms. The van der Waals surface area contributed by atoms with Gasteiger partial charge in [0.2, 0.25) is 5.89 Å². The maximum absolute atomic E-state index is 10.5. The molecule has 0 fully saturated rings. The first kappa shape index (κ1) is 12.7. The van der Waals surface area contributed by atoms with Gasteiger partial charge in [-0.05, 0) is 23.6 Å². The molecule has 0 aliphatic carbocycles. The summed E-state index contributed by atoms with van der Waals surface area (Å²) >= 11 is 0. The van der Waals surface area contributed by atoms with Crippen molar-refractivity contribution < 1.29 is 9.52 Å². The molecule has 1 heterocycles. The molecule has 2 aromatic carbocycles. The molecule has 0 aliphatic heterocycles. The summed E-state index contributed by atoms with van der Waals surface area (Å²) in [6, 6.07) is 13.3. The lowest BCUT2D eigenvalue weighted by atomic mass is 9.85. The van der Waals surface area contributed by atoms with Gasteiger partial charge in [-0.15, -0.1) is 0 Å². The second-order valence-corrected chi connectivity index (χ2v) is 5.94. The Bertz CT molecular complexity index is 733. The van der Waals surface area contributed by atoms with Crippen molar-refractivity contribution in [3.63, 3.8) is 0 Å². The Morgan fingerprint density at radius 3 is 2.45 bits per heavy atom. The molecule has 0 saturated heterocycles. The smallest absolute Gasteiger partial charge is 0.231 e. The molecule has 3 aromatic rings. The number of nitrogens with zero attached hydrogens (tertiary/aromatic N) is 1. The fourth-order valence-corrected chi connectivity index (χ4v) is 2.31. The van der Waals surface area contributed by atoms with Gasteiger partial charge < -0.3 is 9.52 Å². The average Bonchev–Trinajstić information content (AvgIpc) is 2.81. The zero-order valence-electron chi connectivity index (χ0n) is 11.8. The quantitative estimate of drug-likeness (QED) is 0.706. The van der Waals surface area contributed by atoms with Gasteiger partial charge in [0.1, 0.15) is 11.3 Å². The van der Waals surface area contributed by atoms with Crippen molar-refractivity contribution in [2.24, 2.45) is 0 Å². The first-order valence-electron chi connectivity index (χ1n) is 6.65. The SMILES string of the molecule is CC(C)(C)c1cccc(-c2nc3ccccc3o2)c1O. The van der Waals surface area contributed by atoms with E-state index in [2.05, 4.69) is 25.8 Å². The molecule has 0 unspecified atom stereocenters. The molecule has 3 rings (SSSR count). The van der Waals surface area contributed by atoms with Crippen LogP contribution < -0.4 is 0 Å². The lowest BCUT2D eigenvalue weighted by Gasteiger charge is -2.21. The van der Waals surface area contributed by atoms with Gasteiger partial charge in [-0.2, -0.15) is 0 Å². The minimum absolute atomic E-state index is 0.133. The largest absolute Gasteiger partial charge is 0.507 e. The van der Waals surface area contributed by atoms with E-state index in [-0.39, 0.29) is 11.2 Å². The van der Waals surface area contributed by atoms with E-state index in [1.165, 1.54) is 0 Å². The summed E-state index contributed by atoms with van der Waals surface area (Å²) in [6.07, 6.45) is 0. The van der Waals surface area contributed by atoms with Gasteiger partial charge in [-0.1, -0.05) is 45.0 Å². The maximum Gasteiger partial charge on any atom is 0.231 e. The molecule has 1 N–H and O–H groups in total. The summed E-state index contributed by atoms with van der Waals surface area (Å²) < 4.78 is 5.73. The lowest BCUT2D eigenvalue weighted by molar-refractivity contribution is 0.446. The molecular formula is C17H17NO2. The van der Waals surface area contributed by atoms with Crippen LogP contribution in [0.2, 0.25) is 0 Å². The Hall–Kier alpha value is -2.29. The van der Waals surface area contributed by atoms with E-state index >= 15 is 0 Å². The Balaban J connectivity index is 2.19. The standard InChI is InChI=1S/C17H17NO2/c1-17(2,3)12-8-6-7-11(15(12)19)16-18-13-9-4-5-10-14(13)20-16/h4-10,19H,1-3H3.